The molecular formula is C34H52N4O3. The van der Waals surface area contributed by atoms with E-state index in [1.807, 2.05) is 35.2 Å². The number of benzene rings is 2. The number of unbranched alkanes of at least 4 members (excludes halogenated alkanes) is 1. The van der Waals surface area contributed by atoms with Crippen molar-refractivity contribution in [2.45, 2.75) is 97.8 Å². The third-order valence-electron chi connectivity index (χ3n) is 7.49. The van der Waals surface area contributed by atoms with Crippen molar-refractivity contribution in [3.63, 3.8) is 0 Å². The van der Waals surface area contributed by atoms with Crippen molar-refractivity contribution in [3.05, 3.63) is 60.2 Å². The van der Waals surface area contributed by atoms with Crippen molar-refractivity contribution in [1.29, 1.82) is 0 Å². The Morgan fingerprint density at radius 3 is 2.24 bits per heavy atom. The molecule has 7 heteroatoms. The summed E-state index contributed by atoms with van der Waals surface area (Å²) in [5.41, 5.74) is 1.73. The summed E-state index contributed by atoms with van der Waals surface area (Å²) < 4.78 is 5.99. The summed E-state index contributed by atoms with van der Waals surface area (Å²) in [5, 5.41) is 6.34. The Morgan fingerprint density at radius 2 is 1.63 bits per heavy atom. The second-order valence-electron chi connectivity index (χ2n) is 12.4. The molecule has 1 atom stereocenters. The summed E-state index contributed by atoms with van der Waals surface area (Å²) in [6.45, 7) is 14.1. The molecule has 3 amide bonds. The van der Waals surface area contributed by atoms with Gasteiger partial charge in [-0.15, -0.1) is 0 Å². The Morgan fingerprint density at radius 1 is 0.976 bits per heavy atom. The summed E-state index contributed by atoms with van der Waals surface area (Å²) in [5.74, 6) is 0.992. The Balaban J connectivity index is 1.64. The van der Waals surface area contributed by atoms with E-state index < -0.39 is 11.6 Å². The molecule has 1 unspecified atom stereocenters. The van der Waals surface area contributed by atoms with Crippen molar-refractivity contribution in [2.75, 3.05) is 31.1 Å². The fourth-order valence-electron chi connectivity index (χ4n) is 5.30. The predicted octanol–water partition coefficient (Wildman–Crippen LogP) is 6.77. The van der Waals surface area contributed by atoms with Gasteiger partial charge in [0.2, 0.25) is 5.91 Å². The number of amides is 3. The fraction of sp³-hybridized carbons (Fsp3) is 0.588. The third kappa shape index (κ3) is 11.3. The molecule has 1 saturated heterocycles. The quantitative estimate of drug-likeness (QED) is 0.266. The summed E-state index contributed by atoms with van der Waals surface area (Å²) >= 11 is 0. The molecule has 0 aliphatic carbocycles. The number of hydrogen-bond donors (Lipinski definition) is 2. The first kappa shape index (κ1) is 32.3. The third-order valence-corrected chi connectivity index (χ3v) is 7.49. The van der Waals surface area contributed by atoms with Crippen LogP contribution >= 0.6 is 0 Å². The van der Waals surface area contributed by atoms with Gasteiger partial charge in [-0.2, -0.15) is 0 Å². The van der Waals surface area contributed by atoms with Crippen LogP contribution in [0.1, 0.15) is 85.1 Å². The second kappa shape index (κ2) is 16.3. The molecule has 1 aliphatic rings. The van der Waals surface area contributed by atoms with Crippen molar-refractivity contribution in [2.24, 2.45) is 5.92 Å². The Labute approximate surface area is 248 Å². The van der Waals surface area contributed by atoms with Gasteiger partial charge in [-0.3, -0.25) is 4.79 Å². The van der Waals surface area contributed by atoms with Crippen LogP contribution in [0.15, 0.2) is 54.6 Å². The smallest absolute Gasteiger partial charge is 0.318 e. The molecule has 3 rings (SSSR count). The standard InChI is InChI=1S/C34H52N4O3/c1-6-7-21-38(29-17-19-30(20-18-29)41-25-28-15-11-10-12-16-28)26-34(4,5)36-32(39)31(24-27(2)3)35-33(40)37-22-13-8-9-14-23-37/h10-12,15-20,27,31H,6-9,13-14,21-26H2,1-5H3,(H,35,40)(H,36,39). The molecule has 0 radical (unpaired) electrons. The fourth-order valence-corrected chi connectivity index (χ4v) is 5.30. The average molecular weight is 565 g/mol. The number of rotatable bonds is 14. The van der Waals surface area contributed by atoms with Gasteiger partial charge in [-0.1, -0.05) is 70.4 Å². The van der Waals surface area contributed by atoms with E-state index in [1.54, 1.807) is 0 Å². The summed E-state index contributed by atoms with van der Waals surface area (Å²) in [7, 11) is 0. The molecular weight excluding hydrogens is 512 g/mol. The van der Waals surface area contributed by atoms with Gasteiger partial charge >= 0.3 is 6.03 Å². The first-order valence-electron chi connectivity index (χ1n) is 15.6. The normalized spacial score (nSPS) is 14.7. The maximum Gasteiger partial charge on any atom is 0.318 e. The lowest BCUT2D eigenvalue weighted by atomic mass is 9.99. The van der Waals surface area contributed by atoms with Crippen LogP contribution in [0.3, 0.4) is 0 Å². The van der Waals surface area contributed by atoms with Gasteiger partial charge in [-0.25, -0.2) is 4.79 Å². The number of ether oxygens (including phenoxy) is 1. The van der Waals surface area contributed by atoms with E-state index in [4.69, 9.17) is 4.74 Å². The molecule has 2 aromatic rings. The van der Waals surface area contributed by atoms with Crippen LogP contribution in [-0.4, -0.2) is 54.6 Å². The Kier molecular flexibility index (Phi) is 12.8. The lowest BCUT2D eigenvalue weighted by Crippen LogP contribution is -2.58. The van der Waals surface area contributed by atoms with E-state index in [2.05, 4.69) is 74.4 Å². The molecule has 226 valence electrons. The van der Waals surface area contributed by atoms with Crippen LogP contribution < -0.4 is 20.3 Å². The van der Waals surface area contributed by atoms with E-state index in [1.165, 1.54) is 0 Å². The number of nitrogens with one attached hydrogen (secondary N) is 2. The number of nitrogens with zero attached hydrogens (tertiary/aromatic N) is 2. The molecule has 7 nitrogen and oxygen atoms in total. The van der Waals surface area contributed by atoms with Crippen LogP contribution in [0.2, 0.25) is 0 Å². The number of hydrogen-bond acceptors (Lipinski definition) is 4. The molecule has 0 spiro atoms. The van der Waals surface area contributed by atoms with Gasteiger partial charge < -0.3 is 25.2 Å². The zero-order valence-electron chi connectivity index (χ0n) is 26.0. The van der Waals surface area contributed by atoms with Gasteiger partial charge in [0, 0.05) is 31.9 Å². The van der Waals surface area contributed by atoms with E-state index in [9.17, 15) is 9.59 Å². The molecule has 1 heterocycles. The molecule has 1 aliphatic heterocycles. The van der Waals surface area contributed by atoms with Crippen molar-refractivity contribution < 1.29 is 14.3 Å². The minimum Gasteiger partial charge on any atom is -0.489 e. The number of anilines is 1. The summed E-state index contributed by atoms with van der Waals surface area (Å²) in [6.07, 6.45) is 7.10. The van der Waals surface area contributed by atoms with Gasteiger partial charge in [-0.05, 0) is 75.3 Å². The molecule has 0 aromatic heterocycles. The van der Waals surface area contributed by atoms with Crippen LogP contribution in [0.25, 0.3) is 0 Å². The first-order valence-corrected chi connectivity index (χ1v) is 15.6. The minimum absolute atomic E-state index is 0.119. The van der Waals surface area contributed by atoms with Gasteiger partial charge in [0.1, 0.15) is 18.4 Å². The van der Waals surface area contributed by atoms with Gasteiger partial charge in [0.25, 0.3) is 0 Å². The predicted molar refractivity (Wildman–Crippen MR) is 168 cm³/mol. The highest BCUT2D eigenvalue weighted by atomic mass is 16.5. The number of urea groups is 1. The highest BCUT2D eigenvalue weighted by molar-refractivity contribution is 5.87. The Hall–Kier alpha value is -3.22. The maximum atomic E-state index is 13.6. The van der Waals surface area contributed by atoms with Gasteiger partial charge in [0.05, 0.1) is 5.54 Å². The van der Waals surface area contributed by atoms with Crippen LogP contribution in [-0.2, 0) is 11.4 Å². The number of carbonyl (C=O) groups is 2. The van der Waals surface area contributed by atoms with Crippen LogP contribution in [0, 0.1) is 5.92 Å². The van der Waals surface area contributed by atoms with Crippen molar-refractivity contribution >= 4 is 17.6 Å². The topological polar surface area (TPSA) is 73.9 Å². The average Bonchev–Trinajstić information content (AvgIpc) is 3.24. The summed E-state index contributed by atoms with van der Waals surface area (Å²) in [4.78, 5) is 30.8. The minimum atomic E-state index is -0.560. The lowest BCUT2D eigenvalue weighted by Gasteiger charge is -2.36. The van der Waals surface area contributed by atoms with Crippen LogP contribution in [0.4, 0.5) is 10.5 Å². The van der Waals surface area contributed by atoms with Crippen LogP contribution in [0.5, 0.6) is 5.75 Å². The van der Waals surface area contributed by atoms with Crippen molar-refractivity contribution in [3.8, 4) is 5.75 Å². The molecule has 0 bridgehead atoms. The monoisotopic (exact) mass is 564 g/mol. The van der Waals surface area contributed by atoms with E-state index in [0.29, 0.717) is 19.6 Å². The first-order chi connectivity index (χ1) is 19.7. The highest BCUT2D eigenvalue weighted by Crippen LogP contribution is 2.23. The SMILES string of the molecule is CCCCN(CC(C)(C)NC(=O)C(CC(C)C)NC(=O)N1CCCCCC1)c1ccc(OCc2ccccc2)cc1. The van der Waals surface area contributed by atoms with E-state index in [0.717, 1.165) is 75.2 Å². The summed E-state index contributed by atoms with van der Waals surface area (Å²) in [6, 6.07) is 17.7. The molecule has 41 heavy (non-hydrogen) atoms. The zero-order valence-corrected chi connectivity index (χ0v) is 26.0. The molecule has 0 saturated carbocycles. The van der Waals surface area contributed by atoms with Crippen molar-refractivity contribution in [1.82, 2.24) is 15.5 Å². The number of likely N-dealkylation sites (tertiary alicyclic amines) is 1. The Bertz CT molecular complexity index is 1050. The lowest BCUT2D eigenvalue weighted by molar-refractivity contribution is -0.124. The molecule has 1 fully saturated rings. The maximum absolute atomic E-state index is 13.6. The molecule has 2 aromatic carbocycles. The second-order valence-corrected chi connectivity index (χ2v) is 12.4. The molecule has 2 N–H and O–H groups in total. The van der Waals surface area contributed by atoms with E-state index >= 15 is 0 Å². The van der Waals surface area contributed by atoms with Gasteiger partial charge in [0.15, 0.2) is 0 Å². The largest absolute Gasteiger partial charge is 0.489 e. The highest BCUT2D eigenvalue weighted by Gasteiger charge is 2.30. The van der Waals surface area contributed by atoms with E-state index in [-0.39, 0.29) is 17.9 Å². The zero-order chi connectivity index (χ0) is 29.7. The number of carbonyl (C=O) groups excluding carboxylic acids is 2.